The van der Waals surface area contributed by atoms with E-state index in [1.165, 1.54) is 0 Å². The molecule has 0 fully saturated rings. The molecule has 0 aliphatic rings. The van der Waals surface area contributed by atoms with Crippen molar-refractivity contribution in [2.75, 3.05) is 6.54 Å². The van der Waals surface area contributed by atoms with Crippen LogP contribution in [0.1, 0.15) is 33.0 Å². The number of carboxylic acids is 1. The Kier molecular flexibility index (Phi) is 6.78. The molecule has 0 aliphatic carbocycles. The highest BCUT2D eigenvalue weighted by atomic mass is 16.4. The van der Waals surface area contributed by atoms with Gasteiger partial charge >= 0.3 is 12.0 Å². The Labute approximate surface area is 124 Å². The lowest BCUT2D eigenvalue weighted by molar-refractivity contribution is -0.142. The average molecular weight is 296 g/mol. The second-order valence-corrected chi connectivity index (χ2v) is 5.56. The fourth-order valence-electron chi connectivity index (χ4n) is 1.97. The van der Waals surface area contributed by atoms with Crippen LogP contribution in [0.5, 0.6) is 0 Å². The molecule has 118 valence electrons. The van der Waals surface area contributed by atoms with E-state index in [4.69, 9.17) is 9.52 Å². The lowest BCUT2D eigenvalue weighted by atomic mass is 9.96. The van der Waals surface area contributed by atoms with Crippen LogP contribution in [0.4, 0.5) is 4.79 Å². The van der Waals surface area contributed by atoms with E-state index in [1.807, 2.05) is 32.9 Å². The summed E-state index contributed by atoms with van der Waals surface area (Å²) < 4.78 is 5.23. The van der Waals surface area contributed by atoms with Crippen molar-refractivity contribution < 1.29 is 19.1 Å². The summed E-state index contributed by atoms with van der Waals surface area (Å²) >= 11 is 0. The van der Waals surface area contributed by atoms with E-state index < -0.39 is 11.9 Å². The molecule has 6 nitrogen and oxygen atoms in total. The van der Waals surface area contributed by atoms with Crippen LogP contribution in [0, 0.1) is 11.8 Å². The van der Waals surface area contributed by atoms with E-state index >= 15 is 0 Å². The minimum Gasteiger partial charge on any atom is -0.481 e. The lowest BCUT2D eigenvalue weighted by Gasteiger charge is -2.18. The van der Waals surface area contributed by atoms with Gasteiger partial charge in [0.05, 0.1) is 12.2 Å². The predicted octanol–water partition coefficient (Wildman–Crippen LogP) is 2.26. The molecule has 0 spiro atoms. The molecule has 1 aromatic rings. The number of urea groups is 1. The first-order chi connectivity index (χ1) is 9.90. The molecule has 0 radical (unpaired) electrons. The minimum absolute atomic E-state index is 0.0163. The zero-order chi connectivity index (χ0) is 15.8. The van der Waals surface area contributed by atoms with Crippen LogP contribution in [0.3, 0.4) is 0 Å². The second-order valence-electron chi connectivity index (χ2n) is 5.56. The number of carboxylic acid groups (broad SMARTS) is 1. The number of furan rings is 1. The van der Waals surface area contributed by atoms with Gasteiger partial charge in [-0.25, -0.2) is 4.79 Å². The Balaban J connectivity index is 2.27. The maximum absolute atomic E-state index is 11.7. The molecule has 2 unspecified atom stereocenters. The first-order valence-electron chi connectivity index (χ1n) is 7.19. The van der Waals surface area contributed by atoms with Crippen molar-refractivity contribution in [2.24, 2.45) is 11.8 Å². The van der Waals surface area contributed by atoms with Crippen molar-refractivity contribution in [3.8, 4) is 0 Å². The number of hydrogen-bond acceptors (Lipinski definition) is 3. The van der Waals surface area contributed by atoms with E-state index in [0.717, 1.165) is 18.6 Å². The molecular formula is C15H24N2O4. The number of carbonyl (C=O) groups is 2. The summed E-state index contributed by atoms with van der Waals surface area (Å²) in [4.78, 5) is 22.8. The monoisotopic (exact) mass is 296 g/mol. The first kappa shape index (κ1) is 17.1. The number of amides is 2. The summed E-state index contributed by atoms with van der Waals surface area (Å²) in [6, 6.07) is 3.37. The highest BCUT2D eigenvalue weighted by Crippen LogP contribution is 2.09. The van der Waals surface area contributed by atoms with Gasteiger partial charge in [-0.1, -0.05) is 13.8 Å². The van der Waals surface area contributed by atoms with Crippen molar-refractivity contribution in [1.82, 2.24) is 10.6 Å². The van der Waals surface area contributed by atoms with Crippen molar-refractivity contribution >= 4 is 12.0 Å². The molecule has 1 aromatic heterocycles. The van der Waals surface area contributed by atoms with Crippen molar-refractivity contribution in [3.63, 3.8) is 0 Å². The first-order valence-corrected chi connectivity index (χ1v) is 7.19. The number of aliphatic carboxylic acids is 1. The van der Waals surface area contributed by atoms with Crippen LogP contribution in [0.15, 0.2) is 22.8 Å². The van der Waals surface area contributed by atoms with E-state index in [2.05, 4.69) is 10.6 Å². The zero-order valence-electron chi connectivity index (χ0n) is 12.8. The van der Waals surface area contributed by atoms with E-state index in [1.54, 1.807) is 6.26 Å². The Bertz CT molecular complexity index is 443. The maximum atomic E-state index is 11.7. The second kappa shape index (κ2) is 8.34. The van der Waals surface area contributed by atoms with E-state index in [-0.39, 0.29) is 24.5 Å². The van der Waals surface area contributed by atoms with Gasteiger partial charge < -0.3 is 20.2 Å². The summed E-state index contributed by atoms with van der Waals surface area (Å²) in [6.07, 6.45) is 3.13. The van der Waals surface area contributed by atoms with Gasteiger partial charge in [0, 0.05) is 19.0 Å². The van der Waals surface area contributed by atoms with Gasteiger partial charge in [-0.05, 0) is 31.4 Å². The number of nitrogens with one attached hydrogen (secondary N) is 2. The standard InChI is InChI=1S/C15H24N2O4/c1-10(2)13(14(18)19)9-16-15(20)17-11(3)6-7-12-5-4-8-21-12/h4-5,8,10-11,13H,6-7,9H2,1-3H3,(H,18,19)(H2,16,17,20). The molecule has 21 heavy (non-hydrogen) atoms. The molecule has 1 heterocycles. The Morgan fingerprint density at radius 1 is 1.33 bits per heavy atom. The maximum Gasteiger partial charge on any atom is 0.315 e. The number of hydrogen-bond donors (Lipinski definition) is 3. The predicted molar refractivity (Wildman–Crippen MR) is 79.0 cm³/mol. The van der Waals surface area contributed by atoms with Gasteiger partial charge in [-0.3, -0.25) is 4.79 Å². The van der Waals surface area contributed by atoms with E-state index in [0.29, 0.717) is 0 Å². The summed E-state index contributed by atoms with van der Waals surface area (Å²) in [6.45, 7) is 5.68. The SMILES string of the molecule is CC(CCc1ccco1)NC(=O)NCC(C(=O)O)C(C)C. The Morgan fingerprint density at radius 2 is 2.05 bits per heavy atom. The Morgan fingerprint density at radius 3 is 2.57 bits per heavy atom. The highest BCUT2D eigenvalue weighted by molar-refractivity contribution is 5.76. The number of rotatable bonds is 8. The molecule has 0 aromatic carbocycles. The van der Waals surface area contributed by atoms with Gasteiger partial charge in [0.15, 0.2) is 0 Å². The molecule has 0 aliphatic heterocycles. The number of carbonyl (C=O) groups excluding carboxylic acids is 1. The summed E-state index contributed by atoms with van der Waals surface area (Å²) in [5.41, 5.74) is 0. The fraction of sp³-hybridized carbons (Fsp3) is 0.600. The smallest absolute Gasteiger partial charge is 0.315 e. The molecule has 2 atom stereocenters. The molecule has 3 N–H and O–H groups in total. The minimum atomic E-state index is -0.892. The van der Waals surface area contributed by atoms with Crippen LogP contribution >= 0.6 is 0 Å². The zero-order valence-corrected chi connectivity index (χ0v) is 12.8. The van der Waals surface area contributed by atoms with Gasteiger partial charge in [0.2, 0.25) is 0 Å². The van der Waals surface area contributed by atoms with Gasteiger partial charge in [-0.2, -0.15) is 0 Å². The van der Waals surface area contributed by atoms with Gasteiger partial charge in [0.25, 0.3) is 0 Å². The van der Waals surface area contributed by atoms with Crippen molar-refractivity contribution in [1.29, 1.82) is 0 Å². The van der Waals surface area contributed by atoms with Crippen molar-refractivity contribution in [3.05, 3.63) is 24.2 Å². The van der Waals surface area contributed by atoms with Gasteiger partial charge in [0.1, 0.15) is 5.76 Å². The Hall–Kier alpha value is -1.98. The molecule has 0 saturated carbocycles. The average Bonchev–Trinajstić information content (AvgIpc) is 2.88. The third-order valence-electron chi connectivity index (χ3n) is 3.39. The quantitative estimate of drug-likeness (QED) is 0.686. The van der Waals surface area contributed by atoms with Crippen LogP contribution in [-0.4, -0.2) is 29.7 Å². The van der Waals surface area contributed by atoms with Crippen LogP contribution in [0.25, 0.3) is 0 Å². The third kappa shape index (κ3) is 6.33. The topological polar surface area (TPSA) is 91.6 Å². The van der Waals surface area contributed by atoms with Crippen LogP contribution in [0.2, 0.25) is 0 Å². The summed E-state index contributed by atoms with van der Waals surface area (Å²) in [7, 11) is 0. The highest BCUT2D eigenvalue weighted by Gasteiger charge is 2.22. The summed E-state index contributed by atoms with van der Waals surface area (Å²) in [5.74, 6) is -0.612. The molecule has 0 saturated heterocycles. The van der Waals surface area contributed by atoms with Gasteiger partial charge in [-0.15, -0.1) is 0 Å². The molecule has 6 heteroatoms. The largest absolute Gasteiger partial charge is 0.481 e. The molecule has 2 amide bonds. The van der Waals surface area contributed by atoms with E-state index in [9.17, 15) is 9.59 Å². The van der Waals surface area contributed by atoms with Crippen molar-refractivity contribution in [2.45, 2.75) is 39.7 Å². The van der Waals surface area contributed by atoms with Crippen LogP contribution in [-0.2, 0) is 11.2 Å². The molecule has 0 bridgehead atoms. The number of aryl methyl sites for hydroxylation is 1. The fourth-order valence-corrected chi connectivity index (χ4v) is 1.97. The third-order valence-corrected chi connectivity index (χ3v) is 3.39. The van der Waals surface area contributed by atoms with Crippen LogP contribution < -0.4 is 10.6 Å². The summed E-state index contributed by atoms with van der Waals surface area (Å²) in [5, 5.41) is 14.5. The normalized spacial score (nSPS) is 13.7. The molecule has 1 rings (SSSR count). The molecular weight excluding hydrogens is 272 g/mol. The lowest BCUT2D eigenvalue weighted by Crippen LogP contribution is -2.44.